The molecule has 0 aliphatic rings. The summed E-state index contributed by atoms with van der Waals surface area (Å²) in [7, 11) is 2.88. The lowest BCUT2D eigenvalue weighted by molar-refractivity contribution is -0.132. The van der Waals surface area contributed by atoms with E-state index in [4.69, 9.17) is 9.47 Å². The van der Waals surface area contributed by atoms with Crippen LogP contribution in [-0.4, -0.2) is 50.0 Å². The number of hydrogen-bond donors (Lipinski definition) is 1. The molecule has 2 aromatic carbocycles. The molecule has 0 saturated carbocycles. The molecule has 0 aromatic heterocycles. The van der Waals surface area contributed by atoms with Gasteiger partial charge in [0.1, 0.15) is 5.75 Å². The molecule has 0 unspecified atom stereocenters. The van der Waals surface area contributed by atoms with E-state index in [-0.39, 0.29) is 23.9 Å². The number of carbonyl (C=O) groups is 3. The van der Waals surface area contributed by atoms with Crippen molar-refractivity contribution in [1.29, 1.82) is 0 Å². The molecule has 0 heterocycles. The number of ether oxygens (including phenoxy) is 2. The molecular weight excluding hydrogens is 360 g/mol. The van der Waals surface area contributed by atoms with Gasteiger partial charge in [-0.05, 0) is 36.2 Å². The van der Waals surface area contributed by atoms with Crippen molar-refractivity contribution < 1.29 is 23.9 Å². The number of esters is 1. The van der Waals surface area contributed by atoms with Gasteiger partial charge in [-0.3, -0.25) is 9.59 Å². The Morgan fingerprint density at radius 2 is 1.68 bits per heavy atom. The van der Waals surface area contributed by atoms with E-state index < -0.39 is 5.97 Å². The van der Waals surface area contributed by atoms with Crippen LogP contribution in [0.2, 0.25) is 0 Å². The van der Waals surface area contributed by atoms with E-state index in [1.165, 1.54) is 18.9 Å². The maximum atomic E-state index is 12.4. The van der Waals surface area contributed by atoms with Crippen molar-refractivity contribution in [2.45, 2.75) is 13.3 Å². The molecule has 0 aliphatic carbocycles. The molecule has 7 heteroatoms. The number of anilines is 1. The Balaban J connectivity index is 1.99. The van der Waals surface area contributed by atoms with E-state index >= 15 is 0 Å². The third-order valence-electron chi connectivity index (χ3n) is 4.22. The van der Waals surface area contributed by atoms with Crippen LogP contribution < -0.4 is 10.1 Å². The summed E-state index contributed by atoms with van der Waals surface area (Å²) in [6.07, 6.45) is 0.607. The molecule has 0 fully saturated rings. The number of benzene rings is 2. The summed E-state index contributed by atoms with van der Waals surface area (Å²) in [6.45, 7) is 1.71. The Morgan fingerprint density at radius 3 is 2.29 bits per heavy atom. The Bertz CT molecular complexity index is 833. The van der Waals surface area contributed by atoms with Gasteiger partial charge in [-0.2, -0.15) is 0 Å². The topological polar surface area (TPSA) is 84.9 Å². The van der Waals surface area contributed by atoms with Crippen LogP contribution in [-0.2, 0) is 20.7 Å². The lowest BCUT2D eigenvalue weighted by Gasteiger charge is -2.21. The summed E-state index contributed by atoms with van der Waals surface area (Å²) in [4.78, 5) is 37.6. The van der Waals surface area contributed by atoms with Gasteiger partial charge in [0, 0.05) is 13.5 Å². The first-order valence-electron chi connectivity index (χ1n) is 8.80. The van der Waals surface area contributed by atoms with Crippen molar-refractivity contribution in [3.8, 4) is 5.75 Å². The van der Waals surface area contributed by atoms with Crippen molar-refractivity contribution in [3.63, 3.8) is 0 Å². The number of methoxy groups -OCH3 is 2. The zero-order valence-electron chi connectivity index (χ0n) is 16.2. The van der Waals surface area contributed by atoms with Crippen LogP contribution in [0.5, 0.6) is 5.75 Å². The fraction of sp³-hybridized carbons (Fsp3) is 0.286. The van der Waals surface area contributed by atoms with Crippen LogP contribution >= 0.6 is 0 Å². The van der Waals surface area contributed by atoms with Crippen LogP contribution in [0, 0.1) is 0 Å². The molecule has 148 valence electrons. The van der Waals surface area contributed by atoms with Crippen LogP contribution in [0.3, 0.4) is 0 Å². The normalized spacial score (nSPS) is 10.1. The van der Waals surface area contributed by atoms with E-state index in [2.05, 4.69) is 5.32 Å². The number of amides is 2. The number of rotatable bonds is 8. The molecule has 0 aliphatic heterocycles. The number of hydrogen-bond acceptors (Lipinski definition) is 5. The second kappa shape index (κ2) is 10.1. The third-order valence-corrected chi connectivity index (χ3v) is 4.22. The second-order valence-electron chi connectivity index (χ2n) is 6.12. The van der Waals surface area contributed by atoms with Gasteiger partial charge in [0.15, 0.2) is 0 Å². The molecule has 7 nitrogen and oxygen atoms in total. The lowest BCUT2D eigenvalue weighted by atomic mass is 10.1. The first-order chi connectivity index (χ1) is 13.4. The SMILES string of the molecule is COC(=O)c1ccccc1NC(=O)CN(CCc1ccc(OC)cc1)C(C)=O. The van der Waals surface area contributed by atoms with E-state index in [0.29, 0.717) is 18.7 Å². The van der Waals surface area contributed by atoms with Gasteiger partial charge in [-0.25, -0.2) is 4.79 Å². The first kappa shape index (κ1) is 21.0. The Kier molecular flexibility index (Phi) is 7.56. The van der Waals surface area contributed by atoms with Gasteiger partial charge in [0.2, 0.25) is 11.8 Å². The molecule has 0 saturated heterocycles. The standard InChI is InChI=1S/C21H24N2O5/c1-15(24)23(13-12-16-8-10-17(27-2)11-9-16)14-20(25)22-19-7-5-4-6-18(19)21(26)28-3/h4-11H,12-14H2,1-3H3,(H,22,25). The Hall–Kier alpha value is -3.35. The highest BCUT2D eigenvalue weighted by molar-refractivity contribution is 6.02. The molecule has 0 bridgehead atoms. The quantitative estimate of drug-likeness (QED) is 0.707. The predicted molar refractivity (Wildman–Crippen MR) is 105 cm³/mol. The monoisotopic (exact) mass is 384 g/mol. The van der Waals surface area contributed by atoms with Crippen molar-refractivity contribution in [3.05, 3.63) is 59.7 Å². The van der Waals surface area contributed by atoms with E-state index in [1.807, 2.05) is 24.3 Å². The van der Waals surface area contributed by atoms with Crippen LogP contribution in [0.4, 0.5) is 5.69 Å². The van der Waals surface area contributed by atoms with Gasteiger partial charge in [0.25, 0.3) is 0 Å². The van der Waals surface area contributed by atoms with Gasteiger partial charge in [-0.1, -0.05) is 24.3 Å². The second-order valence-corrected chi connectivity index (χ2v) is 6.12. The highest BCUT2D eigenvalue weighted by atomic mass is 16.5. The van der Waals surface area contributed by atoms with Crippen molar-refractivity contribution >= 4 is 23.5 Å². The van der Waals surface area contributed by atoms with E-state index in [0.717, 1.165) is 11.3 Å². The zero-order chi connectivity index (χ0) is 20.5. The molecule has 1 N–H and O–H groups in total. The van der Waals surface area contributed by atoms with Gasteiger partial charge in [-0.15, -0.1) is 0 Å². The maximum Gasteiger partial charge on any atom is 0.339 e. The van der Waals surface area contributed by atoms with E-state index in [1.54, 1.807) is 31.4 Å². The van der Waals surface area contributed by atoms with Crippen LogP contribution in [0.25, 0.3) is 0 Å². The summed E-state index contributed by atoms with van der Waals surface area (Å²) in [5, 5.41) is 2.67. The van der Waals surface area contributed by atoms with Crippen molar-refractivity contribution in [2.24, 2.45) is 0 Å². The van der Waals surface area contributed by atoms with E-state index in [9.17, 15) is 14.4 Å². The van der Waals surface area contributed by atoms with Gasteiger partial charge in [0.05, 0.1) is 32.0 Å². The predicted octanol–water partition coefficient (Wildman–Crippen LogP) is 2.51. The maximum absolute atomic E-state index is 12.4. The number of carbonyl (C=O) groups excluding carboxylic acids is 3. The average molecular weight is 384 g/mol. The molecule has 2 aromatic rings. The minimum atomic E-state index is -0.543. The molecule has 0 radical (unpaired) electrons. The lowest BCUT2D eigenvalue weighted by Crippen LogP contribution is -2.38. The molecule has 2 rings (SSSR count). The summed E-state index contributed by atoms with van der Waals surface area (Å²) < 4.78 is 9.84. The first-order valence-corrected chi connectivity index (χ1v) is 8.80. The minimum Gasteiger partial charge on any atom is -0.497 e. The summed E-state index contributed by atoms with van der Waals surface area (Å²) in [6, 6.07) is 14.1. The summed E-state index contributed by atoms with van der Waals surface area (Å²) in [5.74, 6) is -0.374. The fourth-order valence-corrected chi connectivity index (χ4v) is 2.65. The molecular formula is C21H24N2O5. The van der Waals surface area contributed by atoms with Crippen molar-refractivity contribution in [2.75, 3.05) is 32.6 Å². The third kappa shape index (κ3) is 5.84. The Morgan fingerprint density at radius 1 is 1.00 bits per heavy atom. The fourth-order valence-electron chi connectivity index (χ4n) is 2.65. The zero-order valence-corrected chi connectivity index (χ0v) is 16.2. The van der Waals surface area contributed by atoms with Crippen molar-refractivity contribution in [1.82, 2.24) is 4.90 Å². The minimum absolute atomic E-state index is 0.110. The molecule has 0 spiro atoms. The van der Waals surface area contributed by atoms with Crippen LogP contribution in [0.15, 0.2) is 48.5 Å². The van der Waals surface area contributed by atoms with Gasteiger partial charge < -0.3 is 19.7 Å². The average Bonchev–Trinajstić information content (AvgIpc) is 2.71. The van der Waals surface area contributed by atoms with Gasteiger partial charge >= 0.3 is 5.97 Å². The number of nitrogens with one attached hydrogen (secondary N) is 1. The largest absolute Gasteiger partial charge is 0.497 e. The molecule has 0 atom stereocenters. The summed E-state index contributed by atoms with van der Waals surface area (Å²) >= 11 is 0. The molecule has 2 amide bonds. The smallest absolute Gasteiger partial charge is 0.339 e. The highest BCUT2D eigenvalue weighted by Crippen LogP contribution is 2.16. The molecule has 28 heavy (non-hydrogen) atoms. The highest BCUT2D eigenvalue weighted by Gasteiger charge is 2.17. The number of nitrogens with zero attached hydrogens (tertiary/aromatic N) is 1. The summed E-state index contributed by atoms with van der Waals surface area (Å²) in [5.41, 5.74) is 1.63. The number of para-hydroxylation sites is 1. The Labute approximate surface area is 164 Å². The van der Waals surface area contributed by atoms with Crippen LogP contribution in [0.1, 0.15) is 22.8 Å².